The van der Waals surface area contributed by atoms with Crippen LogP contribution in [0.15, 0.2) is 24.3 Å². The van der Waals surface area contributed by atoms with Crippen molar-refractivity contribution in [2.24, 2.45) is 5.92 Å². The zero-order valence-corrected chi connectivity index (χ0v) is 15.7. The summed E-state index contributed by atoms with van der Waals surface area (Å²) in [4.78, 5) is 2.27. The highest BCUT2D eigenvalue weighted by Crippen LogP contribution is 2.23. The molecule has 5 nitrogen and oxygen atoms in total. The first kappa shape index (κ1) is 21.0. The van der Waals surface area contributed by atoms with Crippen LogP contribution in [0.5, 0.6) is 5.75 Å². The third-order valence-electron chi connectivity index (χ3n) is 4.55. The number of halogens is 3. The summed E-state index contributed by atoms with van der Waals surface area (Å²) >= 11 is 0. The maximum absolute atomic E-state index is 12.2. The number of rotatable bonds is 7. The number of alkyl halides is 3. The number of likely N-dealkylation sites (tertiary alicyclic amines) is 1. The van der Waals surface area contributed by atoms with Crippen LogP contribution >= 0.6 is 0 Å². The highest BCUT2D eigenvalue weighted by molar-refractivity contribution is 7.88. The molecule has 0 saturated carbocycles. The van der Waals surface area contributed by atoms with Crippen LogP contribution in [0.3, 0.4) is 0 Å². The van der Waals surface area contributed by atoms with E-state index in [9.17, 15) is 21.6 Å². The highest BCUT2D eigenvalue weighted by Gasteiger charge is 2.31. The van der Waals surface area contributed by atoms with Gasteiger partial charge < -0.3 is 4.74 Å². The molecule has 1 aliphatic rings. The Morgan fingerprint density at radius 1 is 1.23 bits per heavy atom. The van der Waals surface area contributed by atoms with Crippen molar-refractivity contribution in [3.63, 3.8) is 0 Å². The van der Waals surface area contributed by atoms with Crippen LogP contribution in [-0.2, 0) is 15.8 Å². The Morgan fingerprint density at radius 2 is 1.81 bits per heavy atom. The summed E-state index contributed by atoms with van der Waals surface area (Å²) in [5.74, 6) is 0.0438. The molecule has 148 valence electrons. The summed E-state index contributed by atoms with van der Waals surface area (Å²) in [6.07, 6.45) is -2.54. The number of nitrogens with one attached hydrogen (secondary N) is 1. The second-order valence-electron chi connectivity index (χ2n) is 6.87. The van der Waals surface area contributed by atoms with E-state index in [2.05, 4.69) is 21.3 Å². The van der Waals surface area contributed by atoms with Gasteiger partial charge in [0.1, 0.15) is 5.75 Å². The van der Waals surface area contributed by atoms with Gasteiger partial charge in [-0.3, -0.25) is 4.90 Å². The molecule has 1 N–H and O–H groups in total. The van der Waals surface area contributed by atoms with Crippen LogP contribution in [-0.4, -0.2) is 45.4 Å². The first-order valence-electron chi connectivity index (χ1n) is 8.60. The fourth-order valence-corrected chi connectivity index (χ4v) is 4.13. The smallest absolute Gasteiger partial charge is 0.406 e. The lowest BCUT2D eigenvalue weighted by Gasteiger charge is -2.34. The van der Waals surface area contributed by atoms with Gasteiger partial charge in [0.2, 0.25) is 10.0 Å². The summed E-state index contributed by atoms with van der Waals surface area (Å²) in [6.45, 7) is 6.44. The molecule has 26 heavy (non-hydrogen) atoms. The van der Waals surface area contributed by atoms with Gasteiger partial charge in [0, 0.05) is 12.6 Å². The van der Waals surface area contributed by atoms with Gasteiger partial charge in [0.15, 0.2) is 0 Å². The van der Waals surface area contributed by atoms with Crippen molar-refractivity contribution in [3.8, 4) is 5.75 Å². The molecule has 1 aromatic rings. The van der Waals surface area contributed by atoms with E-state index in [1.54, 1.807) is 0 Å². The van der Waals surface area contributed by atoms with Crippen LogP contribution < -0.4 is 9.46 Å². The number of sulfonamides is 1. The standard InChI is InChI=1S/C17H25F3N2O3S/c1-13-7-9-22(10-8-13)14(2)11-21-26(23,24)12-15-3-5-16(6-4-15)25-17(18,19)20/h3-6,13-14,21H,7-12H2,1-2H3/t14-/m1/s1. The second-order valence-corrected chi connectivity index (χ2v) is 8.67. The van der Waals surface area contributed by atoms with Gasteiger partial charge >= 0.3 is 6.36 Å². The third-order valence-corrected chi connectivity index (χ3v) is 5.87. The molecule has 1 saturated heterocycles. The maximum Gasteiger partial charge on any atom is 0.573 e. The fraction of sp³-hybridized carbons (Fsp3) is 0.647. The van der Waals surface area contributed by atoms with E-state index in [1.807, 2.05) is 6.92 Å². The molecule has 2 rings (SSSR count). The minimum absolute atomic E-state index is 0.0971. The summed E-state index contributed by atoms with van der Waals surface area (Å²) in [6, 6.07) is 4.94. The SMILES string of the molecule is CC1CCN([C@H](C)CNS(=O)(=O)Cc2ccc(OC(F)(F)F)cc2)CC1. The number of ether oxygens (including phenoxy) is 1. The zero-order chi connectivity index (χ0) is 19.4. The van der Waals surface area contributed by atoms with Crippen molar-refractivity contribution in [3.05, 3.63) is 29.8 Å². The van der Waals surface area contributed by atoms with Gasteiger partial charge in [-0.05, 0) is 56.5 Å². The van der Waals surface area contributed by atoms with E-state index in [0.717, 1.165) is 38.1 Å². The monoisotopic (exact) mass is 394 g/mol. The van der Waals surface area contributed by atoms with E-state index < -0.39 is 16.4 Å². The molecule has 0 unspecified atom stereocenters. The predicted octanol–water partition coefficient (Wildman–Crippen LogP) is 3.13. The first-order chi connectivity index (χ1) is 12.0. The highest BCUT2D eigenvalue weighted by atomic mass is 32.2. The van der Waals surface area contributed by atoms with Gasteiger partial charge in [0.25, 0.3) is 0 Å². The van der Waals surface area contributed by atoms with Crippen molar-refractivity contribution in [1.82, 2.24) is 9.62 Å². The van der Waals surface area contributed by atoms with Gasteiger partial charge in [0.05, 0.1) is 5.75 Å². The van der Waals surface area contributed by atoms with Crippen LogP contribution in [0.1, 0.15) is 32.3 Å². The molecule has 0 radical (unpaired) electrons. The van der Waals surface area contributed by atoms with Crippen molar-refractivity contribution in [1.29, 1.82) is 0 Å². The molecule has 0 amide bonds. The van der Waals surface area contributed by atoms with Gasteiger partial charge in [-0.25, -0.2) is 13.1 Å². The van der Waals surface area contributed by atoms with Gasteiger partial charge in [-0.1, -0.05) is 19.1 Å². The molecule has 0 spiro atoms. The van der Waals surface area contributed by atoms with Crippen LogP contribution in [0.2, 0.25) is 0 Å². The van der Waals surface area contributed by atoms with Crippen molar-refractivity contribution in [2.45, 2.75) is 44.8 Å². The Bertz CT molecular complexity index is 669. The number of benzene rings is 1. The molecular formula is C17H25F3N2O3S. The molecule has 1 aliphatic heterocycles. The minimum Gasteiger partial charge on any atom is -0.406 e. The predicted molar refractivity (Wildman–Crippen MR) is 93.2 cm³/mol. The normalized spacial score (nSPS) is 18.7. The molecule has 1 atom stereocenters. The maximum atomic E-state index is 12.2. The van der Waals surface area contributed by atoms with Crippen molar-refractivity contribution < 1.29 is 26.3 Å². The Labute approximate surface area is 152 Å². The van der Waals surface area contributed by atoms with Gasteiger partial charge in [-0.15, -0.1) is 13.2 Å². The van der Waals surface area contributed by atoms with Crippen LogP contribution in [0, 0.1) is 5.92 Å². The third kappa shape index (κ3) is 7.13. The Hall–Kier alpha value is -1.32. The lowest BCUT2D eigenvalue weighted by atomic mass is 9.98. The lowest BCUT2D eigenvalue weighted by molar-refractivity contribution is -0.274. The second kappa shape index (κ2) is 8.58. The molecule has 0 bridgehead atoms. The number of hydrogen-bond acceptors (Lipinski definition) is 4. The van der Waals surface area contributed by atoms with E-state index in [1.165, 1.54) is 12.1 Å². The molecule has 1 heterocycles. The molecule has 9 heteroatoms. The largest absolute Gasteiger partial charge is 0.573 e. The number of piperidine rings is 1. The average molecular weight is 394 g/mol. The first-order valence-corrected chi connectivity index (χ1v) is 10.3. The van der Waals surface area contributed by atoms with Crippen molar-refractivity contribution in [2.75, 3.05) is 19.6 Å². The average Bonchev–Trinajstić information content (AvgIpc) is 2.54. The number of nitrogens with zero attached hydrogens (tertiary/aromatic N) is 1. The molecular weight excluding hydrogens is 369 g/mol. The van der Waals surface area contributed by atoms with E-state index in [-0.39, 0.29) is 17.5 Å². The molecule has 0 aromatic heterocycles. The Morgan fingerprint density at radius 3 is 2.35 bits per heavy atom. The van der Waals surface area contributed by atoms with Crippen molar-refractivity contribution >= 4 is 10.0 Å². The summed E-state index contributed by atoms with van der Waals surface area (Å²) in [5.41, 5.74) is 0.395. The number of hydrogen-bond donors (Lipinski definition) is 1. The lowest BCUT2D eigenvalue weighted by Crippen LogP contribution is -2.45. The van der Waals surface area contributed by atoms with E-state index >= 15 is 0 Å². The molecule has 1 aromatic carbocycles. The zero-order valence-electron chi connectivity index (χ0n) is 14.9. The van der Waals surface area contributed by atoms with Crippen LogP contribution in [0.25, 0.3) is 0 Å². The summed E-state index contributed by atoms with van der Waals surface area (Å²) in [5, 5.41) is 0. The minimum atomic E-state index is -4.77. The van der Waals surface area contributed by atoms with E-state index in [0.29, 0.717) is 18.0 Å². The van der Waals surface area contributed by atoms with Gasteiger partial charge in [-0.2, -0.15) is 0 Å². The molecule has 0 aliphatic carbocycles. The fourth-order valence-electron chi connectivity index (χ4n) is 2.90. The van der Waals surface area contributed by atoms with Crippen LogP contribution in [0.4, 0.5) is 13.2 Å². The Balaban J connectivity index is 1.84. The molecule has 1 fully saturated rings. The topological polar surface area (TPSA) is 58.6 Å². The quantitative estimate of drug-likeness (QED) is 0.772. The van der Waals surface area contributed by atoms with E-state index in [4.69, 9.17) is 0 Å². The summed E-state index contributed by atoms with van der Waals surface area (Å²) in [7, 11) is -3.57. The Kier molecular flexibility index (Phi) is 6.92. The summed E-state index contributed by atoms with van der Waals surface area (Å²) < 4.78 is 67.2.